The Morgan fingerprint density at radius 1 is 0.812 bits per heavy atom. The summed E-state index contributed by atoms with van der Waals surface area (Å²) in [5.41, 5.74) is 4.54. The van der Waals surface area contributed by atoms with E-state index in [1.54, 1.807) is 36.4 Å². The number of carbonyl (C=O) groups is 3. The van der Waals surface area contributed by atoms with E-state index in [9.17, 15) is 14.4 Å². The van der Waals surface area contributed by atoms with Crippen molar-refractivity contribution in [1.29, 1.82) is 0 Å². The van der Waals surface area contributed by atoms with Gasteiger partial charge in [0, 0.05) is 20.6 Å². The number of hydrogen-bond donors (Lipinski definition) is 3. The molecule has 6 rings (SSSR count). The molecule has 48 heavy (non-hydrogen) atoms. The van der Waals surface area contributed by atoms with Crippen molar-refractivity contribution >= 4 is 83.9 Å². The zero-order valence-corrected chi connectivity index (χ0v) is 28.9. The molecule has 3 N–H and O–H groups in total. The van der Waals surface area contributed by atoms with E-state index in [-0.39, 0.29) is 11.6 Å². The summed E-state index contributed by atoms with van der Waals surface area (Å²) in [5.74, 6) is -1.11. The molecule has 0 aliphatic heterocycles. The first kappa shape index (κ1) is 32.9. The zero-order valence-electron chi connectivity index (χ0n) is 25.6. The van der Waals surface area contributed by atoms with Crippen LogP contribution in [0, 0.1) is 6.92 Å². The van der Waals surface area contributed by atoms with Gasteiger partial charge in [0.25, 0.3) is 11.8 Å². The van der Waals surface area contributed by atoms with Crippen LogP contribution in [-0.2, 0) is 9.59 Å². The molecule has 6 aromatic rings. The molecule has 1 unspecified atom stereocenters. The standard InChI is InChI=1S/C38H29BrN4O3S2/c1-24-15-20-31-33(21-24)48-38(42-31)43-37(46)34(26-9-4-2-5-10-26)47-30-14-8-13-29(23-30)40-36(45)32(22-25-16-18-28(39)19-17-25)41-35(44)27-11-6-3-7-12-27/h2-23,34H,1H3,(H,40,45)(H,41,44)(H,42,43,46)/b32-22-. The van der Waals surface area contributed by atoms with Crippen molar-refractivity contribution in [3.8, 4) is 0 Å². The highest BCUT2D eigenvalue weighted by molar-refractivity contribution is 9.10. The van der Waals surface area contributed by atoms with Crippen LogP contribution in [0.1, 0.15) is 32.3 Å². The first-order valence-corrected chi connectivity index (χ1v) is 17.4. The van der Waals surface area contributed by atoms with Gasteiger partial charge in [0.15, 0.2) is 5.13 Å². The number of amides is 3. The molecule has 0 aliphatic carbocycles. The van der Waals surface area contributed by atoms with Crippen LogP contribution in [0.25, 0.3) is 16.3 Å². The summed E-state index contributed by atoms with van der Waals surface area (Å²) in [6.07, 6.45) is 1.63. The number of hydrogen-bond acceptors (Lipinski definition) is 6. The quantitative estimate of drug-likeness (QED) is 0.0963. The van der Waals surface area contributed by atoms with E-state index in [0.717, 1.165) is 36.3 Å². The Kier molecular flexibility index (Phi) is 10.4. The maximum Gasteiger partial charge on any atom is 0.272 e. The smallest absolute Gasteiger partial charge is 0.272 e. The third-order valence-electron chi connectivity index (χ3n) is 7.17. The van der Waals surface area contributed by atoms with Crippen molar-refractivity contribution in [1.82, 2.24) is 10.3 Å². The highest BCUT2D eigenvalue weighted by Crippen LogP contribution is 2.38. The van der Waals surface area contributed by atoms with E-state index in [0.29, 0.717) is 16.4 Å². The Labute approximate surface area is 294 Å². The van der Waals surface area contributed by atoms with Crippen molar-refractivity contribution in [2.45, 2.75) is 17.1 Å². The number of fused-ring (bicyclic) bond motifs is 1. The van der Waals surface area contributed by atoms with Crippen molar-refractivity contribution in [3.05, 3.63) is 160 Å². The van der Waals surface area contributed by atoms with Gasteiger partial charge in [-0.15, -0.1) is 11.8 Å². The minimum absolute atomic E-state index is 0.0804. The molecule has 3 amide bonds. The normalized spacial score (nSPS) is 11.9. The van der Waals surface area contributed by atoms with Gasteiger partial charge >= 0.3 is 0 Å². The van der Waals surface area contributed by atoms with Gasteiger partial charge in [-0.2, -0.15) is 0 Å². The number of carbonyl (C=O) groups excluding carboxylic acids is 3. The number of nitrogens with one attached hydrogen (secondary N) is 3. The zero-order chi connectivity index (χ0) is 33.5. The van der Waals surface area contributed by atoms with E-state index in [1.165, 1.54) is 23.1 Å². The molecule has 0 saturated heterocycles. The fourth-order valence-electron chi connectivity index (χ4n) is 4.81. The monoisotopic (exact) mass is 732 g/mol. The van der Waals surface area contributed by atoms with E-state index < -0.39 is 17.1 Å². The summed E-state index contributed by atoms with van der Waals surface area (Å²) in [4.78, 5) is 45.8. The number of nitrogens with zero attached hydrogens (tertiary/aromatic N) is 1. The third kappa shape index (κ3) is 8.46. The highest BCUT2D eigenvalue weighted by atomic mass is 79.9. The number of thiazole rings is 1. The van der Waals surface area contributed by atoms with Crippen LogP contribution in [0.2, 0.25) is 0 Å². The molecule has 1 heterocycles. The number of anilines is 2. The van der Waals surface area contributed by atoms with Crippen LogP contribution >= 0.6 is 39.0 Å². The van der Waals surface area contributed by atoms with Gasteiger partial charge in [0.05, 0.1) is 10.2 Å². The van der Waals surface area contributed by atoms with Gasteiger partial charge in [-0.3, -0.25) is 14.4 Å². The molecule has 0 fully saturated rings. The lowest BCUT2D eigenvalue weighted by Gasteiger charge is -2.17. The average Bonchev–Trinajstić information content (AvgIpc) is 3.50. The molecule has 0 spiro atoms. The van der Waals surface area contributed by atoms with E-state index in [2.05, 4.69) is 42.9 Å². The van der Waals surface area contributed by atoms with Crippen molar-refractivity contribution < 1.29 is 14.4 Å². The van der Waals surface area contributed by atoms with Crippen LogP contribution in [0.3, 0.4) is 0 Å². The summed E-state index contributed by atoms with van der Waals surface area (Å²) in [7, 11) is 0. The molecule has 7 nitrogen and oxygen atoms in total. The Bertz CT molecular complexity index is 2120. The number of rotatable bonds is 10. The van der Waals surface area contributed by atoms with Crippen LogP contribution in [-0.4, -0.2) is 22.7 Å². The number of aromatic nitrogens is 1. The van der Waals surface area contributed by atoms with Crippen molar-refractivity contribution in [3.63, 3.8) is 0 Å². The lowest BCUT2D eigenvalue weighted by Crippen LogP contribution is -2.30. The molecule has 1 aromatic heterocycles. The second kappa shape index (κ2) is 15.2. The number of aryl methyl sites for hydroxylation is 1. The van der Waals surface area contributed by atoms with E-state index in [4.69, 9.17) is 0 Å². The van der Waals surface area contributed by atoms with Gasteiger partial charge in [-0.25, -0.2) is 4.98 Å². The SMILES string of the molecule is Cc1ccc2nc(NC(=O)C(Sc3cccc(NC(=O)/C(=C/c4ccc(Br)cc4)NC(=O)c4ccccc4)c3)c3ccccc3)sc2c1. The first-order valence-electron chi connectivity index (χ1n) is 15.0. The second-order valence-corrected chi connectivity index (χ2v) is 13.9. The maximum absolute atomic E-state index is 13.7. The molecule has 10 heteroatoms. The maximum atomic E-state index is 13.7. The molecule has 0 aliphatic rings. The highest BCUT2D eigenvalue weighted by Gasteiger charge is 2.24. The van der Waals surface area contributed by atoms with E-state index in [1.807, 2.05) is 97.9 Å². The lowest BCUT2D eigenvalue weighted by molar-refractivity contribution is -0.116. The van der Waals surface area contributed by atoms with Crippen molar-refractivity contribution in [2.24, 2.45) is 0 Å². The van der Waals surface area contributed by atoms with Gasteiger partial charge < -0.3 is 16.0 Å². The van der Waals surface area contributed by atoms with Crippen LogP contribution in [0.15, 0.2) is 142 Å². The minimum Gasteiger partial charge on any atom is -0.321 e. The summed E-state index contributed by atoms with van der Waals surface area (Å²) in [5, 5.41) is 8.65. The largest absolute Gasteiger partial charge is 0.321 e. The number of thioether (sulfide) groups is 1. The van der Waals surface area contributed by atoms with Gasteiger partial charge in [-0.05, 0) is 84.3 Å². The Balaban J connectivity index is 1.22. The summed E-state index contributed by atoms with van der Waals surface area (Å²) >= 11 is 6.23. The number of benzene rings is 5. The topological polar surface area (TPSA) is 100 Å². The predicted octanol–water partition coefficient (Wildman–Crippen LogP) is 9.25. The molecular weight excluding hydrogens is 704 g/mol. The second-order valence-electron chi connectivity index (χ2n) is 10.8. The predicted molar refractivity (Wildman–Crippen MR) is 199 cm³/mol. The lowest BCUT2D eigenvalue weighted by atomic mass is 10.1. The number of halogens is 1. The van der Waals surface area contributed by atoms with Gasteiger partial charge in [-0.1, -0.05) is 100 Å². The minimum atomic E-state index is -0.594. The molecule has 1 atom stereocenters. The van der Waals surface area contributed by atoms with E-state index >= 15 is 0 Å². The Hall–Kier alpha value is -5.03. The first-order chi connectivity index (χ1) is 23.3. The summed E-state index contributed by atoms with van der Waals surface area (Å²) in [6, 6.07) is 38.9. The average molecular weight is 734 g/mol. The Morgan fingerprint density at radius 3 is 2.29 bits per heavy atom. The van der Waals surface area contributed by atoms with Crippen LogP contribution in [0.5, 0.6) is 0 Å². The Morgan fingerprint density at radius 2 is 1.54 bits per heavy atom. The molecule has 0 radical (unpaired) electrons. The van der Waals surface area contributed by atoms with Crippen LogP contribution < -0.4 is 16.0 Å². The summed E-state index contributed by atoms with van der Waals surface area (Å²) in [6.45, 7) is 2.02. The molecule has 5 aromatic carbocycles. The summed E-state index contributed by atoms with van der Waals surface area (Å²) < 4.78 is 1.90. The molecular formula is C38H29BrN4O3S2. The molecule has 0 bridgehead atoms. The van der Waals surface area contributed by atoms with Gasteiger partial charge in [0.2, 0.25) is 5.91 Å². The van der Waals surface area contributed by atoms with Gasteiger partial charge in [0.1, 0.15) is 10.9 Å². The van der Waals surface area contributed by atoms with Crippen molar-refractivity contribution in [2.75, 3.05) is 10.6 Å². The molecule has 238 valence electrons. The molecule has 0 saturated carbocycles. The fourth-order valence-corrected chi connectivity index (χ4v) is 7.12. The fraction of sp³-hybridized carbons (Fsp3) is 0.0526. The van der Waals surface area contributed by atoms with Crippen LogP contribution in [0.4, 0.5) is 10.8 Å². The third-order valence-corrected chi connectivity index (χ3v) is 9.88.